The molecule has 0 radical (unpaired) electrons. The normalized spacial score (nSPS) is 11.8. The lowest BCUT2D eigenvalue weighted by Crippen LogP contribution is -2.15. The standard InChI is InChI=1S/C10H13BrO3S/c1-7(2)15(12,13)10-6-8(11)4-5-9(10)14-3/h4-7H,1-3H3. The summed E-state index contributed by atoms with van der Waals surface area (Å²) in [6.07, 6.45) is 0. The van der Waals surface area contributed by atoms with E-state index in [1.807, 2.05) is 0 Å². The first kappa shape index (κ1) is 12.5. The molecule has 1 rings (SSSR count). The van der Waals surface area contributed by atoms with Crippen LogP contribution in [-0.4, -0.2) is 20.8 Å². The van der Waals surface area contributed by atoms with E-state index in [0.29, 0.717) is 5.75 Å². The molecule has 84 valence electrons. The Morgan fingerprint density at radius 2 is 1.93 bits per heavy atom. The van der Waals surface area contributed by atoms with Crippen molar-refractivity contribution in [3.8, 4) is 5.75 Å². The van der Waals surface area contributed by atoms with Crippen LogP contribution in [0.1, 0.15) is 13.8 Å². The van der Waals surface area contributed by atoms with E-state index in [1.54, 1.807) is 32.0 Å². The van der Waals surface area contributed by atoms with Crippen LogP contribution in [0, 0.1) is 0 Å². The van der Waals surface area contributed by atoms with Crippen molar-refractivity contribution in [1.29, 1.82) is 0 Å². The lowest BCUT2D eigenvalue weighted by molar-refractivity contribution is 0.402. The Bertz CT molecular complexity index is 452. The highest BCUT2D eigenvalue weighted by molar-refractivity contribution is 9.10. The van der Waals surface area contributed by atoms with Crippen molar-refractivity contribution in [3.05, 3.63) is 22.7 Å². The van der Waals surface area contributed by atoms with E-state index in [0.717, 1.165) is 4.47 Å². The summed E-state index contributed by atoms with van der Waals surface area (Å²) in [6.45, 7) is 3.30. The number of halogens is 1. The molecule has 0 atom stereocenters. The van der Waals surface area contributed by atoms with Crippen LogP contribution in [0.3, 0.4) is 0 Å². The predicted molar refractivity (Wildman–Crippen MR) is 63.0 cm³/mol. The van der Waals surface area contributed by atoms with Gasteiger partial charge in [0.15, 0.2) is 9.84 Å². The van der Waals surface area contributed by atoms with Gasteiger partial charge in [-0.1, -0.05) is 15.9 Å². The van der Waals surface area contributed by atoms with Crippen LogP contribution < -0.4 is 4.74 Å². The second kappa shape index (κ2) is 4.53. The summed E-state index contributed by atoms with van der Waals surface area (Å²) in [7, 11) is -1.84. The molecule has 0 fully saturated rings. The molecule has 0 aromatic heterocycles. The van der Waals surface area contributed by atoms with Crippen LogP contribution in [0.2, 0.25) is 0 Å². The van der Waals surface area contributed by atoms with Crippen molar-refractivity contribution >= 4 is 25.8 Å². The maximum absolute atomic E-state index is 12.0. The Morgan fingerprint density at radius 3 is 2.40 bits per heavy atom. The fourth-order valence-corrected chi connectivity index (χ4v) is 2.87. The van der Waals surface area contributed by atoms with Gasteiger partial charge in [-0.3, -0.25) is 0 Å². The average Bonchev–Trinajstić information content (AvgIpc) is 2.17. The van der Waals surface area contributed by atoms with Gasteiger partial charge in [-0.2, -0.15) is 0 Å². The van der Waals surface area contributed by atoms with E-state index in [1.165, 1.54) is 7.11 Å². The van der Waals surface area contributed by atoms with Gasteiger partial charge < -0.3 is 4.74 Å². The number of hydrogen-bond donors (Lipinski definition) is 0. The molecule has 0 aliphatic carbocycles. The first-order chi connectivity index (χ1) is 6.89. The zero-order valence-corrected chi connectivity index (χ0v) is 11.2. The number of hydrogen-bond acceptors (Lipinski definition) is 3. The summed E-state index contributed by atoms with van der Waals surface area (Å²) < 4.78 is 29.7. The monoisotopic (exact) mass is 292 g/mol. The number of benzene rings is 1. The highest BCUT2D eigenvalue weighted by Gasteiger charge is 2.23. The third-order valence-corrected chi connectivity index (χ3v) is 4.72. The summed E-state index contributed by atoms with van der Waals surface area (Å²) in [5.74, 6) is 0.381. The smallest absolute Gasteiger partial charge is 0.184 e. The molecule has 3 nitrogen and oxygen atoms in total. The van der Waals surface area contributed by atoms with Crippen LogP contribution in [0.5, 0.6) is 5.75 Å². The third-order valence-electron chi connectivity index (χ3n) is 2.05. The second-order valence-corrected chi connectivity index (χ2v) is 6.78. The molecule has 5 heteroatoms. The topological polar surface area (TPSA) is 43.4 Å². The van der Waals surface area contributed by atoms with Gasteiger partial charge in [0, 0.05) is 4.47 Å². The molecule has 0 aliphatic heterocycles. The Labute approximate surface area is 98.5 Å². The molecule has 0 saturated carbocycles. The molecule has 1 aromatic carbocycles. The highest BCUT2D eigenvalue weighted by atomic mass is 79.9. The van der Waals surface area contributed by atoms with Crippen molar-refractivity contribution in [3.63, 3.8) is 0 Å². The van der Waals surface area contributed by atoms with Crippen molar-refractivity contribution < 1.29 is 13.2 Å². The van der Waals surface area contributed by atoms with Gasteiger partial charge in [0.2, 0.25) is 0 Å². The minimum atomic E-state index is -3.30. The summed E-state index contributed by atoms with van der Waals surface area (Å²) >= 11 is 3.25. The Balaban J connectivity index is 3.42. The zero-order valence-electron chi connectivity index (χ0n) is 8.82. The number of ether oxygens (including phenoxy) is 1. The molecule has 1 aromatic rings. The Hall–Kier alpha value is -0.550. The Kier molecular flexibility index (Phi) is 3.78. The van der Waals surface area contributed by atoms with E-state index in [9.17, 15) is 8.42 Å². The van der Waals surface area contributed by atoms with E-state index in [-0.39, 0.29) is 4.90 Å². The molecular formula is C10H13BrO3S. The minimum Gasteiger partial charge on any atom is -0.495 e. The molecule has 0 saturated heterocycles. The van der Waals surface area contributed by atoms with Crippen LogP contribution in [0.25, 0.3) is 0 Å². The van der Waals surface area contributed by atoms with Gasteiger partial charge in [0.1, 0.15) is 10.6 Å². The molecule has 0 heterocycles. The van der Waals surface area contributed by atoms with Crippen LogP contribution in [0.4, 0.5) is 0 Å². The van der Waals surface area contributed by atoms with Crippen LogP contribution >= 0.6 is 15.9 Å². The first-order valence-electron chi connectivity index (χ1n) is 4.47. The van der Waals surface area contributed by atoms with Crippen molar-refractivity contribution in [2.45, 2.75) is 24.0 Å². The fraction of sp³-hybridized carbons (Fsp3) is 0.400. The third kappa shape index (κ3) is 2.52. The van der Waals surface area contributed by atoms with Gasteiger partial charge in [0.05, 0.1) is 12.4 Å². The predicted octanol–water partition coefficient (Wildman–Crippen LogP) is 2.64. The molecule has 0 amide bonds. The van der Waals surface area contributed by atoms with Crippen molar-refractivity contribution in [2.75, 3.05) is 7.11 Å². The number of rotatable bonds is 3. The molecule has 0 unspecified atom stereocenters. The maximum Gasteiger partial charge on any atom is 0.184 e. The summed E-state index contributed by atoms with van der Waals surface area (Å²) in [4.78, 5) is 0.231. The summed E-state index contributed by atoms with van der Waals surface area (Å²) in [5, 5.41) is -0.458. The molecule has 0 spiro atoms. The van der Waals surface area contributed by atoms with Gasteiger partial charge in [-0.15, -0.1) is 0 Å². The summed E-state index contributed by atoms with van der Waals surface area (Å²) in [6, 6.07) is 4.95. The van der Waals surface area contributed by atoms with Crippen molar-refractivity contribution in [1.82, 2.24) is 0 Å². The Morgan fingerprint density at radius 1 is 1.33 bits per heavy atom. The first-order valence-corrected chi connectivity index (χ1v) is 6.81. The molecular weight excluding hydrogens is 280 g/mol. The van der Waals surface area contributed by atoms with Crippen LogP contribution in [-0.2, 0) is 9.84 Å². The zero-order chi connectivity index (χ0) is 11.6. The van der Waals surface area contributed by atoms with E-state index < -0.39 is 15.1 Å². The number of sulfone groups is 1. The lowest BCUT2D eigenvalue weighted by Gasteiger charge is -2.12. The van der Waals surface area contributed by atoms with Crippen molar-refractivity contribution in [2.24, 2.45) is 0 Å². The quantitative estimate of drug-likeness (QED) is 0.860. The summed E-state index contributed by atoms with van der Waals surface area (Å²) in [5.41, 5.74) is 0. The highest BCUT2D eigenvalue weighted by Crippen LogP contribution is 2.29. The largest absolute Gasteiger partial charge is 0.495 e. The fourth-order valence-electron chi connectivity index (χ4n) is 1.13. The molecule has 0 bridgehead atoms. The molecule has 15 heavy (non-hydrogen) atoms. The van der Waals surface area contributed by atoms with Gasteiger partial charge >= 0.3 is 0 Å². The van der Waals surface area contributed by atoms with Gasteiger partial charge in [-0.25, -0.2) is 8.42 Å². The maximum atomic E-state index is 12.0. The number of methoxy groups -OCH3 is 1. The minimum absolute atomic E-state index is 0.231. The van der Waals surface area contributed by atoms with Gasteiger partial charge in [0.25, 0.3) is 0 Å². The van der Waals surface area contributed by atoms with Gasteiger partial charge in [-0.05, 0) is 32.0 Å². The SMILES string of the molecule is COc1ccc(Br)cc1S(=O)(=O)C(C)C. The van der Waals surface area contributed by atoms with E-state index in [2.05, 4.69) is 15.9 Å². The molecule has 0 aliphatic rings. The molecule has 0 N–H and O–H groups in total. The van der Waals surface area contributed by atoms with E-state index in [4.69, 9.17) is 4.74 Å². The average molecular weight is 293 g/mol. The van der Waals surface area contributed by atoms with E-state index >= 15 is 0 Å². The van der Waals surface area contributed by atoms with Crippen LogP contribution in [0.15, 0.2) is 27.6 Å². The lowest BCUT2D eigenvalue weighted by atomic mass is 10.3. The second-order valence-electron chi connectivity index (χ2n) is 3.39.